The number of nitrogens with one attached hydrogen (secondary N) is 2. The molecule has 0 radical (unpaired) electrons. The molecule has 0 saturated carbocycles. The van der Waals surface area contributed by atoms with Crippen LogP contribution in [0.1, 0.15) is 32.3 Å². The Bertz CT molecular complexity index is 915. The third kappa shape index (κ3) is 3.57. The Morgan fingerprint density at radius 2 is 2.08 bits per heavy atom. The molecule has 2 aromatic heterocycles. The van der Waals surface area contributed by atoms with E-state index in [9.17, 15) is 9.90 Å². The number of amides is 2. The number of hydrogen-bond acceptors (Lipinski definition) is 3. The van der Waals surface area contributed by atoms with E-state index in [1.54, 1.807) is 18.2 Å². The first-order valence-corrected chi connectivity index (χ1v) is 8.35. The Labute approximate surface area is 146 Å². The van der Waals surface area contributed by atoms with Crippen LogP contribution >= 0.6 is 0 Å². The molecule has 0 unspecified atom stereocenters. The molecular weight excluding hydrogens is 316 g/mol. The molecule has 2 heterocycles. The third-order valence-corrected chi connectivity index (χ3v) is 4.03. The molecule has 3 N–H and O–H groups in total. The number of nitrogens with zero attached hydrogens (tertiary/aromatic N) is 2. The van der Waals surface area contributed by atoms with Crippen LogP contribution in [0.3, 0.4) is 0 Å². The summed E-state index contributed by atoms with van der Waals surface area (Å²) in [5, 5.41) is 15.3. The van der Waals surface area contributed by atoms with Gasteiger partial charge in [0, 0.05) is 24.5 Å². The zero-order chi connectivity index (χ0) is 18.0. The standard InChI is InChI=1S/C19H22N4O2/c1-4-20-19(25)22-15-9-14(5-6-17(15)24)16-11-23-8-7-13(12(2)3)10-18(23)21-16/h5-12,24H,4H2,1-3H3,(H2,20,22,25). The summed E-state index contributed by atoms with van der Waals surface area (Å²) in [5.74, 6) is 0.451. The molecule has 6 heteroatoms. The lowest BCUT2D eigenvalue weighted by atomic mass is 10.1. The average Bonchev–Trinajstić information content (AvgIpc) is 3.00. The van der Waals surface area contributed by atoms with Crippen molar-refractivity contribution in [3.63, 3.8) is 0 Å². The summed E-state index contributed by atoms with van der Waals surface area (Å²) in [7, 11) is 0. The van der Waals surface area contributed by atoms with E-state index in [0.29, 0.717) is 18.2 Å². The van der Waals surface area contributed by atoms with Crippen LogP contribution in [-0.4, -0.2) is 27.1 Å². The number of anilines is 1. The van der Waals surface area contributed by atoms with Crippen molar-refractivity contribution in [2.75, 3.05) is 11.9 Å². The SMILES string of the molecule is CCNC(=O)Nc1cc(-c2cn3ccc(C(C)C)cc3n2)ccc1O. The molecule has 0 spiro atoms. The minimum absolute atomic E-state index is 0.0147. The Hall–Kier alpha value is -3.02. The van der Waals surface area contributed by atoms with Crippen molar-refractivity contribution in [1.29, 1.82) is 0 Å². The van der Waals surface area contributed by atoms with Crippen molar-refractivity contribution in [3.8, 4) is 17.0 Å². The van der Waals surface area contributed by atoms with Gasteiger partial charge in [0.2, 0.25) is 0 Å². The van der Waals surface area contributed by atoms with Gasteiger partial charge in [-0.2, -0.15) is 0 Å². The molecule has 0 aliphatic heterocycles. The number of urea groups is 1. The second-order valence-electron chi connectivity index (χ2n) is 6.22. The van der Waals surface area contributed by atoms with Gasteiger partial charge in [-0.1, -0.05) is 13.8 Å². The van der Waals surface area contributed by atoms with Crippen LogP contribution < -0.4 is 10.6 Å². The van der Waals surface area contributed by atoms with Crippen LogP contribution in [-0.2, 0) is 0 Å². The molecule has 6 nitrogen and oxygen atoms in total. The summed E-state index contributed by atoms with van der Waals surface area (Å²) in [4.78, 5) is 16.4. The van der Waals surface area contributed by atoms with Crippen molar-refractivity contribution >= 4 is 17.4 Å². The fourth-order valence-corrected chi connectivity index (χ4v) is 2.62. The van der Waals surface area contributed by atoms with E-state index in [1.165, 1.54) is 5.56 Å². The second-order valence-corrected chi connectivity index (χ2v) is 6.22. The highest BCUT2D eigenvalue weighted by Crippen LogP contribution is 2.30. The summed E-state index contributed by atoms with van der Waals surface area (Å²) >= 11 is 0. The number of hydrogen-bond donors (Lipinski definition) is 3. The molecule has 0 saturated heterocycles. The van der Waals surface area contributed by atoms with Gasteiger partial charge in [0.15, 0.2) is 0 Å². The normalized spacial score (nSPS) is 11.0. The van der Waals surface area contributed by atoms with Crippen LogP contribution in [0.25, 0.3) is 16.9 Å². The Balaban J connectivity index is 1.96. The molecule has 0 aliphatic rings. The number of pyridine rings is 1. The number of imidazole rings is 1. The van der Waals surface area contributed by atoms with Crippen molar-refractivity contribution in [3.05, 3.63) is 48.3 Å². The average molecular weight is 338 g/mol. The van der Waals surface area contributed by atoms with Crippen LogP contribution in [0, 0.1) is 0 Å². The number of aromatic nitrogens is 2. The fraction of sp³-hybridized carbons (Fsp3) is 0.263. The highest BCUT2D eigenvalue weighted by Gasteiger charge is 2.11. The molecule has 3 aromatic rings. The predicted molar refractivity (Wildman–Crippen MR) is 99.1 cm³/mol. The lowest BCUT2D eigenvalue weighted by molar-refractivity contribution is 0.252. The van der Waals surface area contributed by atoms with E-state index in [0.717, 1.165) is 16.9 Å². The molecule has 0 aliphatic carbocycles. The minimum atomic E-state index is -0.355. The fourth-order valence-electron chi connectivity index (χ4n) is 2.62. The van der Waals surface area contributed by atoms with Crippen molar-refractivity contribution < 1.29 is 9.90 Å². The monoisotopic (exact) mass is 338 g/mol. The molecular formula is C19H22N4O2. The van der Waals surface area contributed by atoms with Crippen LogP contribution in [0.2, 0.25) is 0 Å². The largest absolute Gasteiger partial charge is 0.506 e. The molecule has 0 bridgehead atoms. The quantitative estimate of drug-likeness (QED) is 0.630. The van der Waals surface area contributed by atoms with Gasteiger partial charge in [-0.05, 0) is 48.7 Å². The molecule has 0 fully saturated rings. The van der Waals surface area contributed by atoms with E-state index in [2.05, 4.69) is 41.6 Å². The third-order valence-electron chi connectivity index (χ3n) is 4.03. The lowest BCUT2D eigenvalue weighted by Crippen LogP contribution is -2.28. The molecule has 1 aromatic carbocycles. The van der Waals surface area contributed by atoms with Gasteiger partial charge < -0.3 is 20.1 Å². The Morgan fingerprint density at radius 3 is 2.80 bits per heavy atom. The summed E-state index contributed by atoms with van der Waals surface area (Å²) in [5.41, 5.74) is 4.05. The molecule has 130 valence electrons. The summed E-state index contributed by atoms with van der Waals surface area (Å²) in [6, 6.07) is 8.86. The maximum Gasteiger partial charge on any atom is 0.319 e. The van der Waals surface area contributed by atoms with Gasteiger partial charge in [-0.25, -0.2) is 9.78 Å². The van der Waals surface area contributed by atoms with Gasteiger partial charge in [-0.3, -0.25) is 0 Å². The van der Waals surface area contributed by atoms with Crippen LogP contribution in [0.5, 0.6) is 5.75 Å². The van der Waals surface area contributed by atoms with E-state index in [1.807, 2.05) is 23.7 Å². The number of phenolic OH excluding ortho intramolecular Hbond substituents is 1. The number of fused-ring (bicyclic) bond motifs is 1. The van der Waals surface area contributed by atoms with Crippen LogP contribution in [0.15, 0.2) is 42.7 Å². The maximum atomic E-state index is 11.7. The first-order chi connectivity index (χ1) is 12.0. The smallest absolute Gasteiger partial charge is 0.319 e. The lowest BCUT2D eigenvalue weighted by Gasteiger charge is -2.09. The van der Waals surface area contributed by atoms with Crippen molar-refractivity contribution in [1.82, 2.24) is 14.7 Å². The highest BCUT2D eigenvalue weighted by atomic mass is 16.3. The first kappa shape index (κ1) is 16.8. The molecule has 3 rings (SSSR count). The van der Waals surface area contributed by atoms with E-state index >= 15 is 0 Å². The number of rotatable bonds is 4. The van der Waals surface area contributed by atoms with Gasteiger partial charge >= 0.3 is 6.03 Å². The zero-order valence-electron chi connectivity index (χ0n) is 14.6. The van der Waals surface area contributed by atoms with Crippen molar-refractivity contribution in [2.45, 2.75) is 26.7 Å². The molecule has 2 amide bonds. The molecule has 0 atom stereocenters. The summed E-state index contributed by atoms with van der Waals surface area (Å²) in [6.07, 6.45) is 3.93. The number of carbonyl (C=O) groups excluding carboxylic acids is 1. The number of phenols is 1. The maximum absolute atomic E-state index is 11.7. The van der Waals surface area contributed by atoms with Gasteiger partial charge in [-0.15, -0.1) is 0 Å². The van der Waals surface area contributed by atoms with E-state index < -0.39 is 0 Å². The van der Waals surface area contributed by atoms with Gasteiger partial charge in [0.1, 0.15) is 11.4 Å². The summed E-state index contributed by atoms with van der Waals surface area (Å²) in [6.45, 7) is 6.64. The molecule has 25 heavy (non-hydrogen) atoms. The Kier molecular flexibility index (Phi) is 4.61. The van der Waals surface area contributed by atoms with Gasteiger partial charge in [0.25, 0.3) is 0 Å². The first-order valence-electron chi connectivity index (χ1n) is 8.35. The second kappa shape index (κ2) is 6.84. The Morgan fingerprint density at radius 1 is 1.28 bits per heavy atom. The predicted octanol–water partition coefficient (Wildman–Crippen LogP) is 3.97. The topological polar surface area (TPSA) is 78.7 Å². The summed E-state index contributed by atoms with van der Waals surface area (Å²) < 4.78 is 1.96. The van der Waals surface area contributed by atoms with Gasteiger partial charge in [0.05, 0.1) is 11.4 Å². The zero-order valence-corrected chi connectivity index (χ0v) is 14.6. The number of aromatic hydroxyl groups is 1. The number of benzene rings is 1. The number of carbonyl (C=O) groups is 1. The minimum Gasteiger partial charge on any atom is -0.506 e. The van der Waals surface area contributed by atoms with E-state index in [-0.39, 0.29) is 11.8 Å². The van der Waals surface area contributed by atoms with Crippen molar-refractivity contribution in [2.24, 2.45) is 0 Å². The van der Waals surface area contributed by atoms with E-state index in [4.69, 9.17) is 0 Å². The highest BCUT2D eigenvalue weighted by molar-refractivity contribution is 5.91. The van der Waals surface area contributed by atoms with Crippen LogP contribution in [0.4, 0.5) is 10.5 Å².